The fourth-order valence-electron chi connectivity index (χ4n) is 4.22. The molecule has 0 fully saturated rings. The van der Waals surface area contributed by atoms with E-state index < -0.39 is 0 Å². The largest absolute Gasteiger partial charge is 0.329 e. The topological polar surface area (TPSA) is 55.2 Å². The molecule has 1 atom stereocenters. The molecule has 1 aromatic heterocycles. The summed E-state index contributed by atoms with van der Waals surface area (Å²) in [6.07, 6.45) is 0.861. The molecular weight excluding hydrogens is 422 g/mol. The van der Waals surface area contributed by atoms with Crippen LogP contribution in [0.3, 0.4) is 0 Å². The van der Waals surface area contributed by atoms with E-state index in [4.69, 9.17) is 4.98 Å². The Morgan fingerprint density at radius 1 is 0.882 bits per heavy atom. The third-order valence-electron chi connectivity index (χ3n) is 6.31. The molecule has 4 aromatic rings. The molecule has 0 saturated carbocycles. The minimum atomic E-state index is -0.359. The van der Waals surface area contributed by atoms with Gasteiger partial charge in [-0.3, -0.25) is 14.2 Å². The van der Waals surface area contributed by atoms with Crippen molar-refractivity contribution >= 4 is 16.8 Å². The van der Waals surface area contributed by atoms with E-state index in [9.17, 15) is 9.59 Å². The van der Waals surface area contributed by atoms with Gasteiger partial charge in [-0.15, -0.1) is 0 Å². The predicted octanol–water partition coefficient (Wildman–Crippen LogP) is 5.85. The monoisotopic (exact) mass is 453 g/mol. The van der Waals surface area contributed by atoms with Gasteiger partial charge in [0.25, 0.3) is 11.5 Å². The molecule has 0 N–H and O–H groups in total. The third-order valence-corrected chi connectivity index (χ3v) is 6.31. The van der Waals surface area contributed by atoms with Crippen LogP contribution >= 0.6 is 0 Å². The van der Waals surface area contributed by atoms with Crippen molar-refractivity contribution < 1.29 is 4.79 Å². The van der Waals surface area contributed by atoms with Gasteiger partial charge in [0.2, 0.25) is 0 Å². The quantitative estimate of drug-likeness (QED) is 0.353. The molecule has 5 heteroatoms. The predicted molar refractivity (Wildman–Crippen MR) is 138 cm³/mol. The van der Waals surface area contributed by atoms with Gasteiger partial charge in [-0.2, -0.15) is 0 Å². The maximum Gasteiger partial charge on any atom is 0.261 e. The summed E-state index contributed by atoms with van der Waals surface area (Å²) < 4.78 is 1.57. The van der Waals surface area contributed by atoms with Crippen molar-refractivity contribution in [2.24, 2.45) is 13.0 Å². The number of hydrogen-bond acceptors (Lipinski definition) is 3. The lowest BCUT2D eigenvalue weighted by Crippen LogP contribution is -2.38. The third kappa shape index (κ3) is 4.79. The molecule has 0 saturated heterocycles. The zero-order valence-electron chi connectivity index (χ0n) is 20.2. The van der Waals surface area contributed by atoms with Crippen molar-refractivity contribution in [3.8, 4) is 11.1 Å². The number of para-hydroxylation sites is 1. The maximum atomic E-state index is 13.7. The highest BCUT2D eigenvalue weighted by molar-refractivity contribution is 5.95. The van der Waals surface area contributed by atoms with Crippen LogP contribution in [0, 0.1) is 5.92 Å². The van der Waals surface area contributed by atoms with Crippen LogP contribution in [-0.4, -0.2) is 26.9 Å². The molecule has 1 heterocycles. The number of carbonyl (C=O) groups is 1. The number of amides is 1. The highest BCUT2D eigenvalue weighted by Gasteiger charge is 2.26. The molecule has 0 aliphatic heterocycles. The minimum absolute atomic E-state index is 0.0600. The first-order chi connectivity index (χ1) is 16.4. The SMILES string of the molecule is CC(C)CCN(C(=O)c1ccc(-c2ccccc2)cc1)C(C)c1nc2ccccc2c(=O)n1C. The second-order valence-corrected chi connectivity index (χ2v) is 9.15. The first-order valence-corrected chi connectivity index (χ1v) is 11.8. The number of benzene rings is 3. The summed E-state index contributed by atoms with van der Waals surface area (Å²) in [5, 5.41) is 0.581. The Bertz CT molecular complexity index is 1340. The van der Waals surface area contributed by atoms with Crippen LogP contribution in [0.15, 0.2) is 83.7 Å². The second-order valence-electron chi connectivity index (χ2n) is 9.15. The van der Waals surface area contributed by atoms with Crippen LogP contribution in [-0.2, 0) is 7.05 Å². The number of fused-ring (bicyclic) bond motifs is 1. The molecule has 3 aromatic carbocycles. The lowest BCUT2D eigenvalue weighted by molar-refractivity contribution is 0.0670. The summed E-state index contributed by atoms with van der Waals surface area (Å²) in [5.74, 6) is 0.966. The molecule has 5 nitrogen and oxygen atoms in total. The normalized spacial score (nSPS) is 12.1. The second kappa shape index (κ2) is 10.0. The van der Waals surface area contributed by atoms with Gasteiger partial charge >= 0.3 is 0 Å². The number of rotatable bonds is 7. The zero-order chi connectivity index (χ0) is 24.2. The Hall–Kier alpha value is -3.73. The number of carbonyl (C=O) groups excluding carboxylic acids is 1. The van der Waals surface area contributed by atoms with E-state index in [0.717, 1.165) is 17.5 Å². The van der Waals surface area contributed by atoms with E-state index in [-0.39, 0.29) is 17.5 Å². The Morgan fingerprint density at radius 3 is 2.18 bits per heavy atom. The zero-order valence-corrected chi connectivity index (χ0v) is 20.2. The van der Waals surface area contributed by atoms with Crippen LogP contribution < -0.4 is 5.56 Å². The van der Waals surface area contributed by atoms with Gasteiger partial charge in [0.05, 0.1) is 16.9 Å². The molecule has 0 aliphatic carbocycles. The Labute approximate surface area is 200 Å². The van der Waals surface area contributed by atoms with Crippen molar-refractivity contribution in [2.75, 3.05) is 6.54 Å². The Kier molecular flexibility index (Phi) is 6.92. The highest BCUT2D eigenvalue weighted by atomic mass is 16.2. The average Bonchev–Trinajstić information content (AvgIpc) is 2.86. The lowest BCUT2D eigenvalue weighted by Gasteiger charge is -2.30. The summed E-state index contributed by atoms with van der Waals surface area (Å²) >= 11 is 0. The number of aromatic nitrogens is 2. The van der Waals surface area contributed by atoms with E-state index in [2.05, 4.69) is 26.0 Å². The maximum absolute atomic E-state index is 13.7. The van der Waals surface area contributed by atoms with Gasteiger partial charge in [0, 0.05) is 19.2 Å². The van der Waals surface area contributed by atoms with Gasteiger partial charge in [-0.05, 0) is 54.7 Å². The van der Waals surface area contributed by atoms with Gasteiger partial charge in [0.1, 0.15) is 5.82 Å². The minimum Gasteiger partial charge on any atom is -0.329 e. The van der Waals surface area contributed by atoms with Crippen LogP contribution in [0.5, 0.6) is 0 Å². The number of hydrogen-bond donors (Lipinski definition) is 0. The molecule has 34 heavy (non-hydrogen) atoms. The average molecular weight is 454 g/mol. The van der Waals surface area contributed by atoms with Crippen molar-refractivity contribution in [3.05, 3.63) is 101 Å². The first kappa shape index (κ1) is 23.4. The molecular formula is C29H31N3O2. The van der Waals surface area contributed by atoms with Crippen LogP contribution in [0.2, 0.25) is 0 Å². The van der Waals surface area contributed by atoms with Gasteiger partial charge in [-0.1, -0.05) is 68.4 Å². The highest BCUT2D eigenvalue weighted by Crippen LogP contribution is 2.25. The van der Waals surface area contributed by atoms with E-state index >= 15 is 0 Å². The molecule has 4 rings (SSSR count). The van der Waals surface area contributed by atoms with E-state index in [1.165, 1.54) is 0 Å². The van der Waals surface area contributed by atoms with Crippen molar-refractivity contribution in [1.82, 2.24) is 14.5 Å². The molecule has 0 spiro atoms. The van der Waals surface area contributed by atoms with E-state index in [1.807, 2.05) is 72.5 Å². The Morgan fingerprint density at radius 2 is 1.50 bits per heavy atom. The smallest absolute Gasteiger partial charge is 0.261 e. The summed E-state index contributed by atoms with van der Waals surface area (Å²) in [6.45, 7) is 6.83. The van der Waals surface area contributed by atoms with E-state index in [0.29, 0.717) is 34.8 Å². The first-order valence-electron chi connectivity index (χ1n) is 11.8. The van der Waals surface area contributed by atoms with E-state index in [1.54, 1.807) is 17.7 Å². The fourth-order valence-corrected chi connectivity index (χ4v) is 4.22. The van der Waals surface area contributed by atoms with Crippen LogP contribution in [0.4, 0.5) is 0 Å². The van der Waals surface area contributed by atoms with Gasteiger partial charge < -0.3 is 4.90 Å². The van der Waals surface area contributed by atoms with Crippen LogP contribution in [0.1, 0.15) is 49.4 Å². The molecule has 174 valence electrons. The molecule has 1 amide bonds. The van der Waals surface area contributed by atoms with Crippen molar-refractivity contribution in [3.63, 3.8) is 0 Å². The van der Waals surface area contributed by atoms with Crippen molar-refractivity contribution in [2.45, 2.75) is 33.2 Å². The lowest BCUT2D eigenvalue weighted by atomic mass is 10.0. The molecule has 0 bridgehead atoms. The molecule has 0 aliphatic rings. The summed E-state index contributed by atoms with van der Waals surface area (Å²) in [7, 11) is 1.73. The fraction of sp³-hybridized carbons (Fsp3) is 0.276. The molecule has 0 radical (unpaired) electrons. The molecule has 1 unspecified atom stereocenters. The summed E-state index contributed by atoms with van der Waals surface area (Å²) in [5.41, 5.74) is 3.35. The summed E-state index contributed by atoms with van der Waals surface area (Å²) in [4.78, 5) is 33.3. The standard InChI is InChI=1S/C29H31N3O2/c1-20(2)18-19-32(21(3)27-30-26-13-9-8-12-25(26)29(34)31(27)4)28(33)24-16-14-23(15-17-24)22-10-6-5-7-11-22/h5-17,20-21H,18-19H2,1-4H3. The summed E-state index contributed by atoms with van der Waals surface area (Å²) in [6, 6.07) is 24.8. The number of nitrogens with zero attached hydrogens (tertiary/aromatic N) is 3. The van der Waals surface area contributed by atoms with Crippen LogP contribution in [0.25, 0.3) is 22.0 Å². The Balaban J connectivity index is 1.69. The van der Waals surface area contributed by atoms with Gasteiger partial charge in [-0.25, -0.2) is 4.98 Å². The van der Waals surface area contributed by atoms with Crippen molar-refractivity contribution in [1.29, 1.82) is 0 Å². The van der Waals surface area contributed by atoms with Gasteiger partial charge in [0.15, 0.2) is 0 Å².